The van der Waals surface area contributed by atoms with Gasteiger partial charge in [-0.3, -0.25) is 0 Å². The molecular weight excluding hydrogens is 178 g/mol. The van der Waals surface area contributed by atoms with Crippen LogP contribution in [-0.4, -0.2) is 27.7 Å². The molecule has 2 N–H and O–H groups in total. The Kier molecular flexibility index (Phi) is 2.48. The van der Waals surface area contributed by atoms with Gasteiger partial charge in [-0.2, -0.15) is 0 Å². The van der Waals surface area contributed by atoms with E-state index in [4.69, 9.17) is 0 Å². The first-order chi connectivity index (χ1) is 6.73. The van der Waals surface area contributed by atoms with E-state index in [-0.39, 0.29) is 6.04 Å². The molecule has 2 heterocycles. The van der Waals surface area contributed by atoms with Crippen LogP contribution in [0, 0.1) is 0 Å². The Morgan fingerprint density at radius 3 is 2.86 bits per heavy atom. The molecule has 1 fully saturated rings. The number of hydrogen-bond donors (Lipinski definition) is 2. The number of piperidine rings is 1. The molecule has 2 rings (SSSR count). The van der Waals surface area contributed by atoms with E-state index in [1.165, 1.54) is 6.33 Å². The summed E-state index contributed by atoms with van der Waals surface area (Å²) in [4.78, 5) is 7.88. The average molecular weight is 193 g/mol. The molecule has 76 valence electrons. The van der Waals surface area contributed by atoms with Crippen molar-refractivity contribution in [3.63, 3.8) is 0 Å². The lowest BCUT2D eigenvalue weighted by molar-refractivity contribution is -0.0232. The topological polar surface area (TPSA) is 58.0 Å². The van der Waals surface area contributed by atoms with Crippen LogP contribution in [0.15, 0.2) is 18.7 Å². The highest BCUT2D eigenvalue weighted by Crippen LogP contribution is 2.31. The van der Waals surface area contributed by atoms with Gasteiger partial charge in [0.15, 0.2) is 0 Å². The van der Waals surface area contributed by atoms with E-state index in [9.17, 15) is 5.11 Å². The molecule has 0 radical (unpaired) electrons. The van der Waals surface area contributed by atoms with Gasteiger partial charge < -0.3 is 10.4 Å². The lowest BCUT2D eigenvalue weighted by Gasteiger charge is -2.38. The highest BCUT2D eigenvalue weighted by Gasteiger charge is 2.37. The summed E-state index contributed by atoms with van der Waals surface area (Å²) < 4.78 is 0. The van der Waals surface area contributed by atoms with E-state index in [1.807, 2.05) is 6.92 Å². The number of hydrogen-bond acceptors (Lipinski definition) is 4. The molecule has 0 bridgehead atoms. The molecular formula is C10H15N3O. The molecule has 0 spiro atoms. The summed E-state index contributed by atoms with van der Waals surface area (Å²) in [5.74, 6) is 0. The second-order valence-electron chi connectivity index (χ2n) is 3.83. The minimum atomic E-state index is -0.806. The molecule has 1 aromatic heterocycles. The summed E-state index contributed by atoms with van der Waals surface area (Å²) in [6.07, 6.45) is 6.62. The van der Waals surface area contributed by atoms with Gasteiger partial charge in [-0.15, -0.1) is 0 Å². The number of nitrogens with one attached hydrogen (secondary N) is 1. The Labute approximate surface area is 83.4 Å². The largest absolute Gasteiger partial charge is 0.383 e. The summed E-state index contributed by atoms with van der Waals surface area (Å²) in [5, 5.41) is 13.7. The van der Waals surface area contributed by atoms with Crippen LogP contribution in [0.25, 0.3) is 0 Å². The molecule has 4 heteroatoms. The first-order valence-corrected chi connectivity index (χ1v) is 4.95. The molecule has 2 atom stereocenters. The van der Waals surface area contributed by atoms with Gasteiger partial charge in [-0.1, -0.05) is 0 Å². The smallest absolute Gasteiger partial charge is 0.115 e. The quantitative estimate of drug-likeness (QED) is 0.679. The van der Waals surface area contributed by atoms with Crippen molar-refractivity contribution < 1.29 is 5.11 Å². The number of rotatable bonds is 1. The van der Waals surface area contributed by atoms with Crippen LogP contribution in [0.1, 0.15) is 25.3 Å². The van der Waals surface area contributed by atoms with Crippen LogP contribution in [0.4, 0.5) is 0 Å². The second-order valence-corrected chi connectivity index (χ2v) is 3.83. The predicted molar refractivity (Wildman–Crippen MR) is 52.6 cm³/mol. The normalized spacial score (nSPS) is 32.9. The molecule has 0 amide bonds. The summed E-state index contributed by atoms with van der Waals surface area (Å²) in [6, 6.07) is 0.0576. The van der Waals surface area contributed by atoms with Crippen LogP contribution in [0.2, 0.25) is 0 Å². The van der Waals surface area contributed by atoms with Gasteiger partial charge in [-0.05, 0) is 26.3 Å². The van der Waals surface area contributed by atoms with Crippen molar-refractivity contribution in [3.8, 4) is 0 Å². The first kappa shape index (κ1) is 9.55. The van der Waals surface area contributed by atoms with Crippen molar-refractivity contribution >= 4 is 0 Å². The minimum absolute atomic E-state index is 0.0576. The molecule has 1 aliphatic heterocycles. The summed E-state index contributed by atoms with van der Waals surface area (Å²) in [5.41, 5.74) is -0.000764. The molecule has 1 aliphatic rings. The van der Waals surface area contributed by atoms with Crippen molar-refractivity contribution in [1.82, 2.24) is 15.3 Å². The van der Waals surface area contributed by atoms with Gasteiger partial charge in [0.2, 0.25) is 0 Å². The Morgan fingerprint density at radius 2 is 2.21 bits per heavy atom. The van der Waals surface area contributed by atoms with Gasteiger partial charge in [0, 0.05) is 24.0 Å². The minimum Gasteiger partial charge on any atom is -0.383 e. The lowest BCUT2D eigenvalue weighted by atomic mass is 9.82. The molecule has 1 saturated heterocycles. The Bertz CT molecular complexity index is 303. The fourth-order valence-corrected chi connectivity index (χ4v) is 1.98. The monoisotopic (exact) mass is 193 g/mol. The molecule has 4 nitrogen and oxygen atoms in total. The van der Waals surface area contributed by atoms with Gasteiger partial charge in [0.1, 0.15) is 11.9 Å². The molecule has 1 aromatic rings. The first-order valence-electron chi connectivity index (χ1n) is 4.95. The zero-order chi connectivity index (χ0) is 10.0. The number of aromatic nitrogens is 2. The van der Waals surface area contributed by atoms with Crippen molar-refractivity contribution in [2.24, 2.45) is 0 Å². The summed E-state index contributed by atoms with van der Waals surface area (Å²) >= 11 is 0. The average Bonchev–Trinajstić information content (AvgIpc) is 2.24. The van der Waals surface area contributed by atoms with Crippen LogP contribution in [0.5, 0.6) is 0 Å². The van der Waals surface area contributed by atoms with E-state index in [1.54, 1.807) is 12.4 Å². The third-order valence-corrected chi connectivity index (χ3v) is 2.96. The van der Waals surface area contributed by atoms with E-state index in [0.717, 1.165) is 24.9 Å². The Balaban J connectivity index is 2.30. The third kappa shape index (κ3) is 1.51. The third-order valence-electron chi connectivity index (χ3n) is 2.96. The number of aliphatic hydroxyl groups is 1. The van der Waals surface area contributed by atoms with Gasteiger partial charge in [0.25, 0.3) is 0 Å². The maximum atomic E-state index is 10.5. The Hall–Kier alpha value is -1.00. The molecule has 2 unspecified atom stereocenters. The highest BCUT2D eigenvalue weighted by molar-refractivity contribution is 5.18. The van der Waals surface area contributed by atoms with Gasteiger partial charge in [-0.25, -0.2) is 9.97 Å². The van der Waals surface area contributed by atoms with Crippen molar-refractivity contribution in [2.45, 2.75) is 31.4 Å². The number of nitrogens with zero attached hydrogens (tertiary/aromatic N) is 2. The highest BCUT2D eigenvalue weighted by atomic mass is 16.3. The molecule has 14 heavy (non-hydrogen) atoms. The van der Waals surface area contributed by atoms with Gasteiger partial charge in [0.05, 0.1) is 0 Å². The lowest BCUT2D eigenvalue weighted by Crippen LogP contribution is -2.51. The fourth-order valence-electron chi connectivity index (χ4n) is 1.98. The van der Waals surface area contributed by atoms with Crippen molar-refractivity contribution in [1.29, 1.82) is 0 Å². The predicted octanol–water partition coefficient (Wildman–Crippen LogP) is 0.436. The van der Waals surface area contributed by atoms with E-state index < -0.39 is 5.60 Å². The van der Waals surface area contributed by atoms with E-state index >= 15 is 0 Å². The zero-order valence-corrected chi connectivity index (χ0v) is 8.27. The van der Waals surface area contributed by atoms with E-state index in [2.05, 4.69) is 15.3 Å². The molecule has 0 aromatic carbocycles. The van der Waals surface area contributed by atoms with Gasteiger partial charge >= 0.3 is 0 Å². The van der Waals surface area contributed by atoms with Crippen LogP contribution >= 0.6 is 0 Å². The SMILES string of the molecule is CC1NCCCC1(O)c1cncnc1. The van der Waals surface area contributed by atoms with Crippen molar-refractivity contribution in [2.75, 3.05) is 6.54 Å². The summed E-state index contributed by atoms with van der Waals surface area (Å²) in [6.45, 7) is 2.96. The Morgan fingerprint density at radius 1 is 1.50 bits per heavy atom. The standard InChI is InChI=1S/C10H15N3O/c1-8-10(14,3-2-4-13-8)9-5-11-7-12-6-9/h5-8,13-14H,2-4H2,1H3. The zero-order valence-electron chi connectivity index (χ0n) is 8.27. The fraction of sp³-hybridized carbons (Fsp3) is 0.600. The molecule has 0 saturated carbocycles. The van der Waals surface area contributed by atoms with Crippen molar-refractivity contribution in [3.05, 3.63) is 24.3 Å². The van der Waals surface area contributed by atoms with E-state index in [0.29, 0.717) is 0 Å². The second kappa shape index (κ2) is 3.63. The van der Waals surface area contributed by atoms with Crippen LogP contribution in [0.3, 0.4) is 0 Å². The maximum Gasteiger partial charge on any atom is 0.115 e. The molecule has 0 aliphatic carbocycles. The van der Waals surface area contributed by atoms with Crippen LogP contribution in [-0.2, 0) is 5.60 Å². The summed E-state index contributed by atoms with van der Waals surface area (Å²) in [7, 11) is 0. The van der Waals surface area contributed by atoms with Crippen LogP contribution < -0.4 is 5.32 Å². The maximum absolute atomic E-state index is 10.5.